The molecule has 0 fully saturated rings. The van der Waals surface area contributed by atoms with Gasteiger partial charge in [0.15, 0.2) is 17.1 Å². The Labute approximate surface area is 195 Å². The Balaban J connectivity index is 1.63. The van der Waals surface area contributed by atoms with E-state index in [1.54, 1.807) is 24.3 Å². The summed E-state index contributed by atoms with van der Waals surface area (Å²) in [6.07, 6.45) is 1.32. The predicted octanol–water partition coefficient (Wildman–Crippen LogP) is 5.32. The number of benzene rings is 2. The Morgan fingerprint density at radius 2 is 2.03 bits per heavy atom. The number of rotatable bonds is 10. The van der Waals surface area contributed by atoms with Crippen molar-refractivity contribution in [1.82, 2.24) is 20.1 Å². The van der Waals surface area contributed by atoms with Crippen LogP contribution in [0.4, 0.5) is 0 Å². The van der Waals surface area contributed by atoms with E-state index in [1.165, 1.54) is 11.8 Å². The summed E-state index contributed by atoms with van der Waals surface area (Å²) in [6.45, 7) is 6.63. The molecule has 2 aromatic carbocycles. The van der Waals surface area contributed by atoms with Crippen molar-refractivity contribution >= 4 is 40.9 Å². The molecule has 1 atom stereocenters. The van der Waals surface area contributed by atoms with Gasteiger partial charge in [0.05, 0.1) is 10.8 Å². The number of thioether (sulfide) groups is 1. The summed E-state index contributed by atoms with van der Waals surface area (Å²) in [7, 11) is 0. The van der Waals surface area contributed by atoms with Crippen molar-refractivity contribution in [2.45, 2.75) is 31.3 Å². The van der Waals surface area contributed by atoms with Crippen molar-refractivity contribution in [1.29, 1.82) is 0 Å². The highest BCUT2D eigenvalue weighted by molar-refractivity contribution is 7.99. The molecule has 1 amide bonds. The van der Waals surface area contributed by atoms with Crippen LogP contribution in [0.2, 0.25) is 10.0 Å². The van der Waals surface area contributed by atoms with E-state index in [0.29, 0.717) is 39.9 Å². The lowest BCUT2D eigenvalue weighted by Gasteiger charge is -2.16. The van der Waals surface area contributed by atoms with Crippen molar-refractivity contribution < 1.29 is 9.53 Å². The number of amides is 1. The smallest absolute Gasteiger partial charge is 0.230 e. The number of nitrogens with one attached hydrogen (secondary N) is 1. The number of allylic oxidation sites excluding steroid dienone is 1. The zero-order valence-electron chi connectivity index (χ0n) is 16.9. The maximum absolute atomic E-state index is 12.2. The lowest BCUT2D eigenvalue weighted by atomic mass is 10.2. The zero-order valence-corrected chi connectivity index (χ0v) is 19.3. The molecule has 0 spiro atoms. The fourth-order valence-corrected chi connectivity index (χ4v) is 4.04. The second kappa shape index (κ2) is 11.2. The molecule has 0 aliphatic carbocycles. The van der Waals surface area contributed by atoms with E-state index in [2.05, 4.69) is 22.1 Å². The Kier molecular flexibility index (Phi) is 8.40. The van der Waals surface area contributed by atoms with Crippen LogP contribution in [0.25, 0.3) is 0 Å². The van der Waals surface area contributed by atoms with Gasteiger partial charge in [-0.05, 0) is 30.7 Å². The highest BCUT2D eigenvalue weighted by atomic mass is 35.5. The fourth-order valence-electron chi connectivity index (χ4n) is 2.80. The minimum absolute atomic E-state index is 0.0826. The van der Waals surface area contributed by atoms with Crippen molar-refractivity contribution in [3.8, 4) is 5.75 Å². The molecule has 9 heteroatoms. The van der Waals surface area contributed by atoms with Gasteiger partial charge in [-0.1, -0.05) is 71.4 Å². The molecule has 1 N–H and O–H groups in total. The molecule has 0 aliphatic rings. The maximum Gasteiger partial charge on any atom is 0.230 e. The van der Waals surface area contributed by atoms with Crippen LogP contribution in [0, 0.1) is 0 Å². The van der Waals surface area contributed by atoms with Crippen LogP contribution >= 0.6 is 35.0 Å². The quantitative estimate of drug-likeness (QED) is 0.316. The predicted molar refractivity (Wildman–Crippen MR) is 125 cm³/mol. The van der Waals surface area contributed by atoms with Gasteiger partial charge >= 0.3 is 0 Å². The Bertz CT molecular complexity index is 1040. The number of hydrogen-bond donors (Lipinski definition) is 1. The van der Waals surface area contributed by atoms with Gasteiger partial charge in [0.2, 0.25) is 5.91 Å². The number of halogens is 2. The summed E-state index contributed by atoms with van der Waals surface area (Å²) in [5.74, 6) is 1.25. The van der Waals surface area contributed by atoms with E-state index < -0.39 is 6.10 Å². The molecule has 1 heterocycles. The Hall–Kier alpha value is -2.48. The molecule has 0 bridgehead atoms. The minimum atomic E-state index is -0.424. The third kappa shape index (κ3) is 6.50. The molecule has 0 saturated carbocycles. The fraction of sp³-hybridized carbons (Fsp3) is 0.227. The number of aromatic nitrogens is 3. The summed E-state index contributed by atoms with van der Waals surface area (Å²) >= 11 is 13.5. The molecular formula is C22H22Cl2N4O2S. The number of carbonyl (C=O) groups excluding carboxylic acids is 1. The van der Waals surface area contributed by atoms with Crippen LogP contribution in [0.3, 0.4) is 0 Å². The van der Waals surface area contributed by atoms with Crippen LogP contribution in [0.15, 0.2) is 66.3 Å². The van der Waals surface area contributed by atoms with Gasteiger partial charge < -0.3 is 10.1 Å². The molecule has 3 rings (SSSR count). The molecular weight excluding hydrogens is 455 g/mol. The number of ether oxygens (including phenoxy) is 1. The van der Waals surface area contributed by atoms with Crippen LogP contribution in [-0.2, 0) is 17.9 Å². The van der Waals surface area contributed by atoms with E-state index in [-0.39, 0.29) is 11.7 Å². The highest BCUT2D eigenvalue weighted by Gasteiger charge is 2.20. The molecule has 0 aliphatic heterocycles. The summed E-state index contributed by atoms with van der Waals surface area (Å²) in [5.41, 5.74) is 1.05. The summed E-state index contributed by atoms with van der Waals surface area (Å²) in [5, 5.41) is 13.0. The standard InChI is InChI=1S/C22H22Cl2N4O2S/c1-3-11-28-21(15(2)30-19-10-9-17(23)12-18(19)24)26-27-22(28)31-14-20(29)25-13-16-7-5-4-6-8-16/h3-10,12,15H,1,11,13-14H2,2H3,(H,25,29). The van der Waals surface area contributed by atoms with E-state index in [4.69, 9.17) is 27.9 Å². The van der Waals surface area contributed by atoms with E-state index >= 15 is 0 Å². The normalized spacial score (nSPS) is 11.7. The third-order valence-corrected chi connectivity index (χ3v) is 5.78. The van der Waals surface area contributed by atoms with Crippen molar-refractivity contribution in [2.75, 3.05) is 5.75 Å². The van der Waals surface area contributed by atoms with Crippen LogP contribution < -0.4 is 10.1 Å². The number of carbonyl (C=O) groups is 1. The molecule has 3 aromatic rings. The monoisotopic (exact) mass is 476 g/mol. The molecule has 0 saturated heterocycles. The van der Waals surface area contributed by atoms with Crippen molar-refractivity contribution in [3.63, 3.8) is 0 Å². The maximum atomic E-state index is 12.2. The second-order valence-corrected chi connectivity index (χ2v) is 8.41. The molecule has 1 unspecified atom stereocenters. The van der Waals surface area contributed by atoms with Gasteiger partial charge in [-0.15, -0.1) is 16.8 Å². The van der Waals surface area contributed by atoms with Gasteiger partial charge in [0.1, 0.15) is 5.75 Å². The lowest BCUT2D eigenvalue weighted by Crippen LogP contribution is -2.24. The van der Waals surface area contributed by atoms with Gasteiger partial charge in [-0.25, -0.2) is 0 Å². The van der Waals surface area contributed by atoms with E-state index in [9.17, 15) is 4.79 Å². The van der Waals surface area contributed by atoms with E-state index in [1.807, 2.05) is 41.8 Å². The van der Waals surface area contributed by atoms with Crippen molar-refractivity contribution in [3.05, 3.63) is 82.6 Å². The van der Waals surface area contributed by atoms with Gasteiger partial charge in [-0.2, -0.15) is 0 Å². The summed E-state index contributed by atoms with van der Waals surface area (Å²) < 4.78 is 7.83. The van der Waals surface area contributed by atoms with Crippen LogP contribution in [-0.4, -0.2) is 26.4 Å². The number of nitrogens with zero attached hydrogens (tertiary/aromatic N) is 3. The zero-order chi connectivity index (χ0) is 22.2. The molecule has 31 heavy (non-hydrogen) atoms. The summed E-state index contributed by atoms with van der Waals surface area (Å²) in [4.78, 5) is 12.2. The average Bonchev–Trinajstić information content (AvgIpc) is 3.16. The molecule has 162 valence electrons. The molecule has 6 nitrogen and oxygen atoms in total. The first-order valence-corrected chi connectivity index (χ1v) is 11.3. The van der Waals surface area contributed by atoms with Crippen LogP contribution in [0.5, 0.6) is 5.75 Å². The Morgan fingerprint density at radius 3 is 2.74 bits per heavy atom. The average molecular weight is 477 g/mol. The minimum Gasteiger partial charge on any atom is -0.481 e. The second-order valence-electron chi connectivity index (χ2n) is 6.63. The third-order valence-electron chi connectivity index (χ3n) is 4.28. The molecule has 0 radical (unpaired) electrons. The lowest BCUT2D eigenvalue weighted by molar-refractivity contribution is -0.118. The highest BCUT2D eigenvalue weighted by Crippen LogP contribution is 2.31. The van der Waals surface area contributed by atoms with Crippen molar-refractivity contribution in [2.24, 2.45) is 0 Å². The number of hydrogen-bond acceptors (Lipinski definition) is 5. The van der Waals surface area contributed by atoms with Gasteiger partial charge in [-0.3, -0.25) is 9.36 Å². The van der Waals surface area contributed by atoms with Gasteiger partial charge in [0, 0.05) is 18.1 Å². The molecule has 1 aromatic heterocycles. The topological polar surface area (TPSA) is 69.0 Å². The first-order chi connectivity index (χ1) is 15.0. The first-order valence-electron chi connectivity index (χ1n) is 9.57. The first kappa shape index (κ1) is 23.2. The Morgan fingerprint density at radius 1 is 1.26 bits per heavy atom. The summed E-state index contributed by atoms with van der Waals surface area (Å²) in [6, 6.07) is 14.8. The largest absolute Gasteiger partial charge is 0.481 e. The SMILES string of the molecule is C=CCn1c(SCC(=O)NCc2ccccc2)nnc1C(C)Oc1ccc(Cl)cc1Cl. The van der Waals surface area contributed by atoms with E-state index in [0.717, 1.165) is 5.56 Å². The van der Waals surface area contributed by atoms with Gasteiger partial charge in [0.25, 0.3) is 0 Å². The van der Waals surface area contributed by atoms with Crippen LogP contribution in [0.1, 0.15) is 24.4 Å².